The van der Waals surface area contributed by atoms with Crippen LogP contribution in [0.4, 0.5) is 16.2 Å². The number of nitrogens with zero attached hydrogens (tertiary/aromatic N) is 2. The van der Waals surface area contributed by atoms with E-state index in [1.54, 1.807) is 25.7 Å². The number of carbonyl (C=O) groups excluding carboxylic acids is 1. The fourth-order valence-corrected chi connectivity index (χ4v) is 4.97. The zero-order chi connectivity index (χ0) is 22.8. The number of piperidine rings is 1. The van der Waals surface area contributed by atoms with Crippen molar-refractivity contribution in [3.8, 4) is 0 Å². The number of nitrogens with one attached hydrogen (secondary N) is 2. The van der Waals surface area contributed by atoms with Crippen molar-refractivity contribution in [1.29, 1.82) is 0 Å². The van der Waals surface area contributed by atoms with E-state index in [1.807, 2.05) is 24.3 Å². The van der Waals surface area contributed by atoms with Crippen LogP contribution in [0.3, 0.4) is 0 Å². The number of likely N-dealkylation sites (tertiary alicyclic amines) is 1. The van der Waals surface area contributed by atoms with E-state index in [-0.39, 0.29) is 24.3 Å². The van der Waals surface area contributed by atoms with E-state index >= 15 is 0 Å². The van der Waals surface area contributed by atoms with Crippen LogP contribution in [-0.2, 0) is 14.8 Å². The first-order chi connectivity index (χ1) is 14.4. The van der Waals surface area contributed by atoms with Gasteiger partial charge in [-0.2, -0.15) is 0 Å². The lowest BCUT2D eigenvalue weighted by molar-refractivity contribution is -0.00521. The lowest BCUT2D eigenvalue weighted by Gasteiger charge is -2.37. The van der Waals surface area contributed by atoms with Crippen molar-refractivity contribution in [2.45, 2.75) is 70.5 Å². The Balaban J connectivity index is 1.50. The molecule has 31 heavy (non-hydrogen) atoms. The van der Waals surface area contributed by atoms with Crippen molar-refractivity contribution in [2.75, 3.05) is 36.4 Å². The standard InChI is InChI=1S/C22H36N4O4S/c1-16-14-26(15-17(2)30-16)20-8-6-18(7-9-20)23-21(27)25-12-10-19(11-13-25)24-31(28,29)22(3,4)5/h6-9,16-17,19,24H,10-15H2,1-5H3,(H,23,27). The third kappa shape index (κ3) is 6.11. The molecule has 0 saturated carbocycles. The smallest absolute Gasteiger partial charge is 0.321 e. The highest BCUT2D eigenvalue weighted by molar-refractivity contribution is 7.90. The van der Waals surface area contributed by atoms with Crippen LogP contribution in [0, 0.1) is 0 Å². The highest BCUT2D eigenvalue weighted by Gasteiger charge is 2.33. The molecule has 8 nitrogen and oxygen atoms in total. The third-order valence-corrected chi connectivity index (χ3v) is 8.07. The van der Waals surface area contributed by atoms with E-state index in [4.69, 9.17) is 4.74 Å². The first-order valence-corrected chi connectivity index (χ1v) is 12.5. The Morgan fingerprint density at radius 3 is 2.10 bits per heavy atom. The average molecular weight is 453 g/mol. The van der Waals surface area contributed by atoms with Crippen LogP contribution in [0.2, 0.25) is 0 Å². The molecular formula is C22H36N4O4S. The minimum absolute atomic E-state index is 0.133. The van der Waals surface area contributed by atoms with Crippen LogP contribution < -0.4 is 14.9 Å². The maximum absolute atomic E-state index is 12.6. The van der Waals surface area contributed by atoms with Crippen molar-refractivity contribution in [1.82, 2.24) is 9.62 Å². The van der Waals surface area contributed by atoms with E-state index in [1.165, 1.54) is 0 Å². The molecule has 2 saturated heterocycles. The van der Waals surface area contributed by atoms with Gasteiger partial charge in [-0.15, -0.1) is 0 Å². The Bertz CT molecular complexity index is 848. The van der Waals surface area contributed by atoms with Crippen molar-refractivity contribution in [3.05, 3.63) is 24.3 Å². The number of ether oxygens (including phenoxy) is 1. The number of hydrogen-bond acceptors (Lipinski definition) is 5. The number of morpholine rings is 1. The van der Waals surface area contributed by atoms with Gasteiger partial charge in [-0.25, -0.2) is 17.9 Å². The second-order valence-corrected chi connectivity index (χ2v) is 12.1. The predicted octanol–water partition coefficient (Wildman–Crippen LogP) is 3.01. The second-order valence-electron chi connectivity index (χ2n) is 9.63. The summed E-state index contributed by atoms with van der Waals surface area (Å²) in [5.41, 5.74) is 1.87. The highest BCUT2D eigenvalue weighted by Crippen LogP contribution is 2.23. The monoisotopic (exact) mass is 452 g/mol. The van der Waals surface area contributed by atoms with Gasteiger partial charge >= 0.3 is 6.03 Å². The largest absolute Gasteiger partial charge is 0.372 e. The first-order valence-electron chi connectivity index (χ1n) is 11.0. The van der Waals surface area contributed by atoms with Gasteiger partial charge < -0.3 is 19.9 Å². The zero-order valence-corrected chi connectivity index (χ0v) is 20.0. The number of anilines is 2. The van der Waals surface area contributed by atoms with Gasteiger partial charge in [0, 0.05) is 43.6 Å². The van der Waals surface area contributed by atoms with Crippen molar-refractivity contribution < 1.29 is 17.9 Å². The van der Waals surface area contributed by atoms with E-state index < -0.39 is 14.8 Å². The Labute approximate surface area is 186 Å². The number of sulfonamides is 1. The minimum atomic E-state index is -3.39. The summed E-state index contributed by atoms with van der Waals surface area (Å²) in [7, 11) is -3.39. The van der Waals surface area contributed by atoms with Gasteiger partial charge in [-0.3, -0.25) is 0 Å². The van der Waals surface area contributed by atoms with Gasteiger partial charge in [0.1, 0.15) is 0 Å². The first kappa shape index (κ1) is 23.8. The lowest BCUT2D eigenvalue weighted by Crippen LogP contribution is -2.50. The summed E-state index contributed by atoms with van der Waals surface area (Å²) in [4.78, 5) is 16.7. The van der Waals surface area contributed by atoms with Gasteiger partial charge in [-0.05, 0) is 71.7 Å². The Hall–Kier alpha value is -1.84. The van der Waals surface area contributed by atoms with Crippen LogP contribution in [0.15, 0.2) is 24.3 Å². The number of carbonyl (C=O) groups is 1. The van der Waals surface area contributed by atoms with Crippen LogP contribution in [-0.4, -0.2) is 68.5 Å². The summed E-state index contributed by atoms with van der Waals surface area (Å²) < 4.78 is 32.4. The Morgan fingerprint density at radius 1 is 1.03 bits per heavy atom. The lowest BCUT2D eigenvalue weighted by atomic mass is 10.1. The molecule has 0 aliphatic carbocycles. The summed E-state index contributed by atoms with van der Waals surface area (Å²) in [6.07, 6.45) is 1.60. The normalized spacial score (nSPS) is 23.6. The van der Waals surface area contributed by atoms with Gasteiger partial charge in [-0.1, -0.05) is 0 Å². The van der Waals surface area contributed by atoms with Gasteiger partial charge in [0.05, 0.1) is 17.0 Å². The number of rotatable bonds is 4. The molecule has 0 radical (unpaired) electrons. The van der Waals surface area contributed by atoms with Crippen LogP contribution in [0.5, 0.6) is 0 Å². The molecule has 2 fully saturated rings. The quantitative estimate of drug-likeness (QED) is 0.733. The molecule has 3 rings (SSSR count). The van der Waals surface area contributed by atoms with Gasteiger partial charge in [0.15, 0.2) is 0 Å². The summed E-state index contributed by atoms with van der Waals surface area (Å²) in [5.74, 6) is 0. The van der Waals surface area contributed by atoms with E-state index in [0.29, 0.717) is 25.9 Å². The maximum atomic E-state index is 12.6. The summed E-state index contributed by atoms with van der Waals surface area (Å²) in [5, 5.41) is 2.95. The van der Waals surface area contributed by atoms with Crippen LogP contribution in [0.25, 0.3) is 0 Å². The molecule has 0 bridgehead atoms. The summed E-state index contributed by atoms with van der Waals surface area (Å²) in [6.45, 7) is 11.9. The fraction of sp³-hybridized carbons (Fsp3) is 0.682. The van der Waals surface area contributed by atoms with Crippen molar-refractivity contribution >= 4 is 27.4 Å². The molecular weight excluding hydrogens is 416 g/mol. The molecule has 2 heterocycles. The number of urea groups is 1. The predicted molar refractivity (Wildman–Crippen MR) is 124 cm³/mol. The molecule has 0 spiro atoms. The number of amides is 2. The number of hydrogen-bond donors (Lipinski definition) is 2. The molecule has 9 heteroatoms. The van der Waals surface area contributed by atoms with E-state index in [2.05, 4.69) is 28.8 Å². The molecule has 2 atom stereocenters. The zero-order valence-electron chi connectivity index (χ0n) is 19.2. The third-order valence-electron chi connectivity index (χ3n) is 5.81. The maximum Gasteiger partial charge on any atom is 0.321 e. The van der Waals surface area contributed by atoms with Gasteiger partial charge in [0.2, 0.25) is 10.0 Å². The average Bonchev–Trinajstić information content (AvgIpc) is 2.67. The fourth-order valence-electron chi connectivity index (χ4n) is 3.94. The van der Waals surface area contributed by atoms with Crippen molar-refractivity contribution in [2.24, 2.45) is 0 Å². The van der Waals surface area contributed by atoms with Gasteiger partial charge in [0.25, 0.3) is 0 Å². The number of benzene rings is 1. The van der Waals surface area contributed by atoms with Crippen LogP contribution in [0.1, 0.15) is 47.5 Å². The summed E-state index contributed by atoms with van der Waals surface area (Å²) in [6, 6.07) is 7.59. The summed E-state index contributed by atoms with van der Waals surface area (Å²) >= 11 is 0. The second kappa shape index (κ2) is 9.34. The SMILES string of the molecule is CC1CN(c2ccc(NC(=O)N3CCC(NS(=O)(=O)C(C)(C)C)CC3)cc2)CC(C)O1. The minimum Gasteiger partial charge on any atom is -0.372 e. The Kier molecular flexibility index (Phi) is 7.18. The molecule has 174 valence electrons. The molecule has 1 aromatic rings. The molecule has 2 unspecified atom stereocenters. The highest BCUT2D eigenvalue weighted by atomic mass is 32.2. The molecule has 1 aromatic carbocycles. The molecule has 2 amide bonds. The van der Waals surface area contributed by atoms with E-state index in [9.17, 15) is 13.2 Å². The Morgan fingerprint density at radius 2 is 1.58 bits per heavy atom. The molecule has 2 aliphatic heterocycles. The molecule has 0 aromatic heterocycles. The topological polar surface area (TPSA) is 91.0 Å². The van der Waals surface area contributed by atoms with E-state index in [0.717, 1.165) is 24.5 Å². The van der Waals surface area contributed by atoms with Crippen molar-refractivity contribution in [3.63, 3.8) is 0 Å². The molecule has 2 aliphatic rings. The molecule has 2 N–H and O–H groups in total. The van der Waals surface area contributed by atoms with Crippen LogP contribution >= 0.6 is 0 Å².